The molecular weight excluding hydrogens is 148 g/mol. The number of carboxylic acids is 1. The van der Waals surface area contributed by atoms with Crippen molar-refractivity contribution in [3.05, 3.63) is 23.8 Å². The van der Waals surface area contributed by atoms with E-state index in [1.807, 2.05) is 0 Å². The summed E-state index contributed by atoms with van der Waals surface area (Å²) in [7, 11) is 0. The van der Waals surface area contributed by atoms with Crippen LogP contribution < -0.4 is 0 Å². The summed E-state index contributed by atoms with van der Waals surface area (Å²) >= 11 is 0. The molecule has 0 aliphatic heterocycles. The Morgan fingerprint density at radius 2 is 2.09 bits per heavy atom. The van der Waals surface area contributed by atoms with E-state index < -0.39 is 11.7 Å². The minimum absolute atomic E-state index is 0.0142. The van der Waals surface area contributed by atoms with Gasteiger partial charge in [0, 0.05) is 0 Å². The van der Waals surface area contributed by atoms with E-state index in [1.165, 1.54) is 6.07 Å². The van der Waals surface area contributed by atoms with E-state index in [1.54, 1.807) is 0 Å². The van der Waals surface area contributed by atoms with Gasteiger partial charge in [-0.2, -0.15) is 0 Å². The highest BCUT2D eigenvalue weighted by Crippen LogP contribution is 2.24. The number of rotatable bonds is 1. The van der Waals surface area contributed by atoms with Crippen LogP contribution in [0.3, 0.4) is 0 Å². The third-order valence-corrected chi connectivity index (χ3v) is 1.21. The normalized spacial score (nSPS) is 10.4. The van der Waals surface area contributed by atoms with Gasteiger partial charge in [-0.15, -0.1) is 0 Å². The zero-order valence-corrected chi connectivity index (χ0v) is 5.44. The second-order valence-electron chi connectivity index (χ2n) is 1.99. The van der Waals surface area contributed by atoms with E-state index in [2.05, 4.69) is 5.11 Å². The van der Waals surface area contributed by atoms with Crippen LogP contribution in [0.1, 0.15) is 10.4 Å². The quantitative estimate of drug-likeness (QED) is 0.524. The van der Waals surface area contributed by atoms with Crippen molar-refractivity contribution >= 4 is 5.97 Å². The Balaban J connectivity index is 3.05. The van der Waals surface area contributed by atoms with Crippen LogP contribution >= 0.6 is 0 Å². The molecule has 0 heterocycles. The van der Waals surface area contributed by atoms with Gasteiger partial charge in [0.05, 0.1) is 5.56 Å². The van der Waals surface area contributed by atoms with Crippen LogP contribution in [-0.4, -0.2) is 21.3 Å². The van der Waals surface area contributed by atoms with Crippen LogP contribution in [-0.2, 0) is 0 Å². The molecule has 0 amide bonds. The van der Waals surface area contributed by atoms with E-state index >= 15 is 0 Å². The topological polar surface area (TPSA) is 77.8 Å². The molecule has 0 bridgehead atoms. The molecule has 0 radical (unpaired) electrons. The molecule has 0 aromatic heterocycles. The Hall–Kier alpha value is -1.71. The number of aromatic carboxylic acids is 1. The first kappa shape index (κ1) is 6.03. The fourth-order valence-corrected chi connectivity index (χ4v) is 0.650. The average Bonchev–Trinajstić information content (AvgIpc) is 2.08. The number of carbonyl (C=O) groups is 1. The summed E-state index contributed by atoms with van der Waals surface area (Å²) in [6, 6.07) is 3.40. The summed E-state index contributed by atoms with van der Waals surface area (Å²) < 4.78 is 6.28. The van der Waals surface area contributed by atoms with Crippen molar-refractivity contribution in [3.63, 3.8) is 0 Å². The van der Waals surface area contributed by atoms with Crippen molar-refractivity contribution in [1.82, 2.24) is 0 Å². The first-order valence-electron chi connectivity index (χ1n) is 3.25. The zero-order chi connectivity index (χ0) is 9.14. The number of aromatic hydroxyl groups is 2. The summed E-state index contributed by atoms with van der Waals surface area (Å²) in [5.41, 5.74) is 0.0142. The molecule has 11 heavy (non-hydrogen) atoms. The molecule has 1 aromatic carbocycles. The number of phenols is 2. The van der Waals surface area contributed by atoms with E-state index in [-0.39, 0.29) is 11.3 Å². The molecule has 0 saturated heterocycles. The third kappa shape index (κ3) is 1.40. The van der Waals surface area contributed by atoms with Crippen molar-refractivity contribution in [2.24, 2.45) is 0 Å². The Bertz CT molecular complexity index is 310. The van der Waals surface area contributed by atoms with Gasteiger partial charge in [0.25, 0.3) is 1.43 Å². The molecular formula is C7H6O4. The van der Waals surface area contributed by atoms with Gasteiger partial charge < -0.3 is 15.3 Å². The lowest BCUT2D eigenvalue weighted by molar-refractivity contribution is 0.0696. The van der Waals surface area contributed by atoms with Crippen LogP contribution in [0.25, 0.3) is 1.43 Å². The van der Waals surface area contributed by atoms with E-state index in [9.17, 15) is 4.79 Å². The van der Waals surface area contributed by atoms with Crippen molar-refractivity contribution in [2.75, 3.05) is 0 Å². The maximum atomic E-state index is 10.7. The van der Waals surface area contributed by atoms with Gasteiger partial charge in [-0.25, -0.2) is 4.79 Å². The lowest BCUT2D eigenvalue weighted by Gasteiger charge is -1.97. The largest absolute Gasteiger partial charge is 0.504 e. The summed E-state index contributed by atoms with van der Waals surface area (Å²) in [5.74, 6) is -1.63. The molecule has 58 valence electrons. The van der Waals surface area contributed by atoms with Crippen molar-refractivity contribution < 1.29 is 20.1 Å². The smallest absolute Gasteiger partial charge is 0.335 e. The minimum Gasteiger partial charge on any atom is -0.504 e. The molecule has 0 aliphatic carbocycles. The number of benzene rings is 1. The molecule has 0 fully saturated rings. The lowest BCUT2D eigenvalue weighted by atomic mass is 10.2. The molecule has 0 unspecified atom stereocenters. The van der Waals surface area contributed by atoms with Gasteiger partial charge in [0.2, 0.25) is 0 Å². The van der Waals surface area contributed by atoms with Crippen LogP contribution in [0, 0.1) is 0 Å². The third-order valence-electron chi connectivity index (χ3n) is 1.21. The molecule has 1 rings (SSSR count). The summed E-state index contributed by atoms with van der Waals surface area (Å²) in [6.07, 6.45) is 0. The molecule has 1 aromatic rings. The van der Waals surface area contributed by atoms with Gasteiger partial charge in [0.15, 0.2) is 11.5 Å². The predicted molar refractivity (Wildman–Crippen MR) is 36.7 cm³/mol. The highest BCUT2D eigenvalue weighted by Gasteiger charge is 2.05. The first-order valence-corrected chi connectivity index (χ1v) is 2.84. The molecule has 4 nitrogen and oxygen atoms in total. The minimum atomic E-state index is -0.884. The standard InChI is InChI=1S/C7H6O4/c8-5-2-1-4(7(10)11)3-6(5)9/h1-3,8-9H,(H,10,11)/i/hD. The second-order valence-corrected chi connectivity index (χ2v) is 1.99. The Morgan fingerprint density at radius 3 is 2.64 bits per heavy atom. The Kier molecular flexibility index (Phi) is 1.37. The Morgan fingerprint density at radius 1 is 1.36 bits per heavy atom. The molecule has 0 aliphatic rings. The van der Waals surface area contributed by atoms with Gasteiger partial charge in [-0.05, 0) is 18.2 Å². The summed E-state index contributed by atoms with van der Waals surface area (Å²) in [5, 5.41) is 21.4. The van der Waals surface area contributed by atoms with Gasteiger partial charge in [0.1, 0.15) is 0 Å². The molecule has 3 N–H and O–H groups in total. The fraction of sp³-hybridized carbons (Fsp3) is 0. The fourth-order valence-electron chi connectivity index (χ4n) is 0.650. The molecule has 0 spiro atoms. The number of hydrogen-bond donors (Lipinski definition) is 3. The van der Waals surface area contributed by atoms with E-state index in [0.29, 0.717) is 0 Å². The first-order chi connectivity index (χ1) is 5.65. The highest BCUT2D eigenvalue weighted by molar-refractivity contribution is 5.88. The second kappa shape index (κ2) is 2.49. The molecule has 4 heteroatoms. The van der Waals surface area contributed by atoms with E-state index in [0.717, 1.165) is 12.1 Å². The van der Waals surface area contributed by atoms with Gasteiger partial charge >= 0.3 is 5.97 Å². The summed E-state index contributed by atoms with van der Waals surface area (Å²) in [6.45, 7) is 0. The highest BCUT2D eigenvalue weighted by atomic mass is 16.4. The van der Waals surface area contributed by atoms with Crippen molar-refractivity contribution in [1.29, 1.82) is 1.43 Å². The molecule has 0 atom stereocenters. The predicted octanol–water partition coefficient (Wildman–Crippen LogP) is 0.796. The Labute approximate surface area is 63.8 Å². The molecule has 0 saturated carbocycles. The van der Waals surface area contributed by atoms with Crippen LogP contribution in [0.4, 0.5) is 0 Å². The van der Waals surface area contributed by atoms with Crippen LogP contribution in [0.2, 0.25) is 0 Å². The van der Waals surface area contributed by atoms with Crippen LogP contribution in [0.5, 0.6) is 11.5 Å². The number of hydrogen-bond acceptors (Lipinski definition) is 4. The number of carboxylic acid groups (broad SMARTS) is 1. The van der Waals surface area contributed by atoms with Crippen molar-refractivity contribution in [3.8, 4) is 11.5 Å². The van der Waals surface area contributed by atoms with Gasteiger partial charge in [-0.3, -0.25) is 0 Å². The number of phenolic OH excluding ortho intramolecular Hbond substituents is 2. The van der Waals surface area contributed by atoms with E-state index in [4.69, 9.17) is 11.6 Å². The SMILES string of the molecule is [2H]OC(=O)c1ccc(O)c(O)c1. The lowest BCUT2D eigenvalue weighted by Crippen LogP contribution is -1.94. The van der Waals surface area contributed by atoms with Crippen LogP contribution in [0.15, 0.2) is 18.2 Å². The monoisotopic (exact) mass is 155 g/mol. The zero-order valence-electron chi connectivity index (χ0n) is 6.44. The summed E-state index contributed by atoms with van der Waals surface area (Å²) in [4.78, 5) is 10.7. The maximum absolute atomic E-state index is 10.7. The van der Waals surface area contributed by atoms with Gasteiger partial charge in [-0.1, -0.05) is 0 Å². The maximum Gasteiger partial charge on any atom is 0.335 e. The van der Waals surface area contributed by atoms with Crippen molar-refractivity contribution in [2.45, 2.75) is 0 Å². The average molecular weight is 155 g/mol.